The van der Waals surface area contributed by atoms with Gasteiger partial charge in [-0.2, -0.15) is 0 Å². The SMILES string of the molecule is Cl.NCCCC(=O)N(Cc1cccs1)c1ccc2c(c1)OCCO2. The van der Waals surface area contributed by atoms with E-state index in [1.54, 1.807) is 16.2 Å². The lowest BCUT2D eigenvalue weighted by molar-refractivity contribution is -0.118. The van der Waals surface area contributed by atoms with Gasteiger partial charge in [-0.1, -0.05) is 6.07 Å². The number of thiophene rings is 1. The van der Waals surface area contributed by atoms with Crippen molar-refractivity contribution >= 4 is 35.3 Å². The van der Waals surface area contributed by atoms with E-state index in [0.29, 0.717) is 44.9 Å². The number of hydrogen-bond acceptors (Lipinski definition) is 5. The smallest absolute Gasteiger partial charge is 0.227 e. The Morgan fingerprint density at radius 2 is 2.00 bits per heavy atom. The number of fused-ring (bicyclic) bond motifs is 1. The van der Waals surface area contributed by atoms with Crippen LogP contribution in [-0.2, 0) is 11.3 Å². The van der Waals surface area contributed by atoms with Gasteiger partial charge in [0.15, 0.2) is 11.5 Å². The Hall–Kier alpha value is -1.76. The number of carbonyl (C=O) groups excluding carboxylic acids is 1. The molecule has 2 aromatic rings. The lowest BCUT2D eigenvalue weighted by Gasteiger charge is -2.25. The number of amides is 1. The van der Waals surface area contributed by atoms with Crippen LogP contribution in [0.25, 0.3) is 0 Å². The molecule has 1 aliphatic rings. The highest BCUT2D eigenvalue weighted by Crippen LogP contribution is 2.35. The van der Waals surface area contributed by atoms with E-state index in [0.717, 1.165) is 16.3 Å². The number of halogens is 1. The van der Waals surface area contributed by atoms with Crippen LogP contribution in [0.4, 0.5) is 5.69 Å². The monoisotopic (exact) mass is 368 g/mol. The molecule has 1 aromatic heterocycles. The summed E-state index contributed by atoms with van der Waals surface area (Å²) in [6.45, 7) is 2.16. The predicted molar refractivity (Wildman–Crippen MR) is 98.5 cm³/mol. The largest absolute Gasteiger partial charge is 0.486 e. The zero-order valence-electron chi connectivity index (χ0n) is 13.3. The number of anilines is 1. The van der Waals surface area contributed by atoms with Gasteiger partial charge in [0, 0.05) is 23.1 Å². The van der Waals surface area contributed by atoms with Crippen LogP contribution in [0.15, 0.2) is 35.7 Å². The molecule has 7 heteroatoms. The van der Waals surface area contributed by atoms with Gasteiger partial charge in [0.05, 0.1) is 6.54 Å². The summed E-state index contributed by atoms with van der Waals surface area (Å²) in [6, 6.07) is 9.67. The molecule has 0 radical (unpaired) electrons. The van der Waals surface area contributed by atoms with Crippen LogP contribution in [0.1, 0.15) is 17.7 Å². The molecule has 130 valence electrons. The highest BCUT2D eigenvalue weighted by Gasteiger charge is 2.19. The summed E-state index contributed by atoms with van der Waals surface area (Å²) >= 11 is 1.64. The summed E-state index contributed by atoms with van der Waals surface area (Å²) in [5, 5.41) is 2.02. The van der Waals surface area contributed by atoms with Crippen molar-refractivity contribution in [2.75, 3.05) is 24.7 Å². The molecule has 0 atom stereocenters. The number of carbonyl (C=O) groups is 1. The first-order chi connectivity index (χ1) is 11.3. The normalized spacial score (nSPS) is 12.4. The summed E-state index contributed by atoms with van der Waals surface area (Å²) in [5.41, 5.74) is 6.36. The van der Waals surface area contributed by atoms with E-state index in [1.807, 2.05) is 35.7 Å². The van der Waals surface area contributed by atoms with Gasteiger partial charge in [-0.05, 0) is 36.5 Å². The van der Waals surface area contributed by atoms with Gasteiger partial charge < -0.3 is 20.1 Å². The van der Waals surface area contributed by atoms with Crippen LogP contribution in [0.3, 0.4) is 0 Å². The summed E-state index contributed by atoms with van der Waals surface area (Å²) in [7, 11) is 0. The molecular weight excluding hydrogens is 348 g/mol. The average molecular weight is 369 g/mol. The number of hydrogen-bond donors (Lipinski definition) is 1. The molecular formula is C17H21ClN2O3S. The number of ether oxygens (including phenoxy) is 2. The zero-order chi connectivity index (χ0) is 16.1. The minimum atomic E-state index is 0. The summed E-state index contributed by atoms with van der Waals surface area (Å²) in [5.74, 6) is 1.49. The minimum Gasteiger partial charge on any atom is -0.486 e. The molecule has 5 nitrogen and oxygen atoms in total. The van der Waals surface area contributed by atoms with Gasteiger partial charge in [-0.3, -0.25) is 4.79 Å². The van der Waals surface area contributed by atoms with Crippen LogP contribution in [0.5, 0.6) is 11.5 Å². The van der Waals surface area contributed by atoms with Gasteiger partial charge in [0.25, 0.3) is 0 Å². The molecule has 0 unspecified atom stereocenters. The van der Waals surface area contributed by atoms with Crippen molar-refractivity contribution in [3.8, 4) is 11.5 Å². The lowest BCUT2D eigenvalue weighted by Crippen LogP contribution is -2.30. The van der Waals surface area contributed by atoms with Crippen molar-refractivity contribution in [3.63, 3.8) is 0 Å². The Kier molecular flexibility index (Phi) is 6.90. The van der Waals surface area contributed by atoms with Crippen LogP contribution in [0, 0.1) is 0 Å². The zero-order valence-corrected chi connectivity index (χ0v) is 14.9. The Balaban J connectivity index is 0.00000208. The lowest BCUT2D eigenvalue weighted by atomic mass is 10.2. The summed E-state index contributed by atoms with van der Waals surface area (Å²) in [6.07, 6.45) is 1.13. The minimum absolute atomic E-state index is 0. The fourth-order valence-corrected chi connectivity index (χ4v) is 3.16. The van der Waals surface area contributed by atoms with Gasteiger partial charge in [-0.15, -0.1) is 23.7 Å². The molecule has 1 aromatic carbocycles. The fraction of sp³-hybridized carbons (Fsp3) is 0.353. The topological polar surface area (TPSA) is 64.8 Å². The Morgan fingerprint density at radius 3 is 2.71 bits per heavy atom. The molecule has 0 saturated heterocycles. The van der Waals surface area contributed by atoms with E-state index in [-0.39, 0.29) is 18.3 Å². The molecule has 24 heavy (non-hydrogen) atoms. The third kappa shape index (κ3) is 4.41. The molecule has 0 saturated carbocycles. The van der Waals surface area contributed by atoms with Gasteiger partial charge in [0.1, 0.15) is 13.2 Å². The second-order valence-electron chi connectivity index (χ2n) is 5.28. The number of nitrogens with two attached hydrogens (primary N) is 1. The van der Waals surface area contributed by atoms with Crippen molar-refractivity contribution in [3.05, 3.63) is 40.6 Å². The number of nitrogens with zero attached hydrogens (tertiary/aromatic N) is 1. The van der Waals surface area contributed by atoms with Crippen molar-refractivity contribution < 1.29 is 14.3 Å². The number of rotatable bonds is 6. The molecule has 2 heterocycles. The maximum Gasteiger partial charge on any atom is 0.227 e. The average Bonchev–Trinajstić information content (AvgIpc) is 3.10. The standard InChI is InChI=1S/C17H20N2O3S.ClH/c18-7-1-4-17(20)19(12-14-3-2-10-23-14)13-5-6-15-16(11-13)22-9-8-21-15;/h2-3,5-6,10-11H,1,4,7-9,12,18H2;1H. The summed E-state index contributed by atoms with van der Waals surface area (Å²) in [4.78, 5) is 15.5. The second kappa shape index (κ2) is 8.92. The van der Waals surface area contributed by atoms with Crippen molar-refractivity contribution in [2.24, 2.45) is 5.73 Å². The Labute approximate surface area is 151 Å². The highest BCUT2D eigenvalue weighted by molar-refractivity contribution is 7.09. The fourth-order valence-electron chi connectivity index (χ4n) is 2.47. The Morgan fingerprint density at radius 1 is 1.21 bits per heavy atom. The molecule has 0 spiro atoms. The van der Waals surface area contributed by atoms with E-state index >= 15 is 0 Å². The molecule has 0 aliphatic carbocycles. The maximum absolute atomic E-state index is 12.6. The Bertz CT molecular complexity index is 664. The molecule has 0 fully saturated rings. The van der Waals surface area contributed by atoms with Gasteiger partial charge >= 0.3 is 0 Å². The first-order valence-corrected chi connectivity index (χ1v) is 8.58. The van der Waals surface area contributed by atoms with E-state index < -0.39 is 0 Å². The van der Waals surface area contributed by atoms with E-state index in [2.05, 4.69) is 0 Å². The third-order valence-electron chi connectivity index (χ3n) is 3.63. The van der Waals surface area contributed by atoms with Crippen molar-refractivity contribution in [1.29, 1.82) is 0 Å². The summed E-state index contributed by atoms with van der Waals surface area (Å²) < 4.78 is 11.2. The quantitative estimate of drug-likeness (QED) is 0.850. The van der Waals surface area contributed by atoms with Crippen LogP contribution in [-0.4, -0.2) is 25.7 Å². The number of benzene rings is 1. The highest BCUT2D eigenvalue weighted by atomic mass is 35.5. The molecule has 1 aliphatic heterocycles. The first kappa shape index (κ1) is 18.6. The van der Waals surface area contributed by atoms with Crippen LogP contribution >= 0.6 is 23.7 Å². The van der Waals surface area contributed by atoms with Gasteiger partial charge in [0.2, 0.25) is 5.91 Å². The molecule has 3 rings (SSSR count). The van der Waals surface area contributed by atoms with Crippen molar-refractivity contribution in [2.45, 2.75) is 19.4 Å². The first-order valence-electron chi connectivity index (χ1n) is 7.70. The van der Waals surface area contributed by atoms with E-state index in [4.69, 9.17) is 15.2 Å². The molecule has 2 N–H and O–H groups in total. The van der Waals surface area contributed by atoms with Crippen LogP contribution < -0.4 is 20.1 Å². The maximum atomic E-state index is 12.6. The van der Waals surface area contributed by atoms with Crippen molar-refractivity contribution in [1.82, 2.24) is 0 Å². The molecule has 1 amide bonds. The van der Waals surface area contributed by atoms with E-state index in [1.165, 1.54) is 0 Å². The van der Waals surface area contributed by atoms with Crippen LogP contribution in [0.2, 0.25) is 0 Å². The van der Waals surface area contributed by atoms with E-state index in [9.17, 15) is 4.79 Å². The van der Waals surface area contributed by atoms with Gasteiger partial charge in [-0.25, -0.2) is 0 Å². The second-order valence-corrected chi connectivity index (χ2v) is 6.31. The molecule has 0 bridgehead atoms. The predicted octanol–water partition coefficient (Wildman–Crippen LogP) is 3.21. The third-order valence-corrected chi connectivity index (χ3v) is 4.49.